The van der Waals surface area contributed by atoms with Crippen molar-refractivity contribution in [2.24, 2.45) is 5.92 Å². The van der Waals surface area contributed by atoms with E-state index in [9.17, 15) is 0 Å². The highest BCUT2D eigenvalue weighted by Gasteiger charge is 2.25. The lowest BCUT2D eigenvalue weighted by atomic mass is 9.88. The smallest absolute Gasteiger partial charge is 0.00224 e. The molecule has 0 aromatic heterocycles. The summed E-state index contributed by atoms with van der Waals surface area (Å²) in [6.45, 7) is 8.68. The molecule has 2 aliphatic rings. The van der Waals surface area contributed by atoms with E-state index in [1.54, 1.807) is 5.56 Å². The summed E-state index contributed by atoms with van der Waals surface area (Å²) in [7, 11) is 2.25. The molecule has 2 nitrogen and oxygen atoms in total. The van der Waals surface area contributed by atoms with Gasteiger partial charge >= 0.3 is 0 Å². The number of nitrogens with zero attached hydrogens (tertiary/aromatic N) is 2. The molecule has 2 saturated heterocycles. The molecular formula is C18H28N2. The van der Waals surface area contributed by atoms with Crippen LogP contribution in [0.25, 0.3) is 0 Å². The van der Waals surface area contributed by atoms with Crippen molar-refractivity contribution in [2.75, 3.05) is 39.8 Å². The Labute approximate surface area is 123 Å². The topological polar surface area (TPSA) is 6.48 Å². The molecule has 0 radical (unpaired) electrons. The largest absolute Gasteiger partial charge is 0.306 e. The van der Waals surface area contributed by atoms with Crippen LogP contribution in [0.5, 0.6) is 0 Å². The summed E-state index contributed by atoms with van der Waals surface area (Å²) in [6, 6.07) is 9.19. The van der Waals surface area contributed by atoms with E-state index in [0.29, 0.717) is 0 Å². The zero-order chi connectivity index (χ0) is 13.9. The predicted molar refractivity (Wildman–Crippen MR) is 85.2 cm³/mol. The SMILES string of the molecule is Cc1ccc(C2CCN(CC3CCN(C)C3)CC2)cc1. The first-order valence-corrected chi connectivity index (χ1v) is 8.18. The maximum Gasteiger partial charge on any atom is 0.00224 e. The van der Waals surface area contributed by atoms with E-state index in [0.717, 1.165) is 11.8 Å². The van der Waals surface area contributed by atoms with Gasteiger partial charge in [-0.05, 0) is 70.3 Å². The minimum absolute atomic E-state index is 0.790. The first kappa shape index (κ1) is 14.1. The van der Waals surface area contributed by atoms with Gasteiger partial charge < -0.3 is 9.80 Å². The van der Waals surface area contributed by atoms with E-state index >= 15 is 0 Å². The highest BCUT2D eigenvalue weighted by atomic mass is 15.2. The van der Waals surface area contributed by atoms with E-state index in [-0.39, 0.29) is 0 Å². The molecule has 0 aliphatic carbocycles. The van der Waals surface area contributed by atoms with E-state index in [4.69, 9.17) is 0 Å². The van der Waals surface area contributed by atoms with Crippen molar-refractivity contribution in [3.05, 3.63) is 35.4 Å². The molecule has 110 valence electrons. The Morgan fingerprint density at radius 2 is 1.70 bits per heavy atom. The van der Waals surface area contributed by atoms with Crippen molar-refractivity contribution < 1.29 is 0 Å². The third-order valence-electron chi connectivity index (χ3n) is 5.14. The number of aryl methyl sites for hydroxylation is 1. The lowest BCUT2D eigenvalue weighted by Crippen LogP contribution is -2.37. The number of hydrogen-bond donors (Lipinski definition) is 0. The Morgan fingerprint density at radius 3 is 2.30 bits per heavy atom. The van der Waals surface area contributed by atoms with Gasteiger partial charge in [0.05, 0.1) is 0 Å². The van der Waals surface area contributed by atoms with Gasteiger partial charge in [0.25, 0.3) is 0 Å². The normalized spacial score (nSPS) is 26.2. The van der Waals surface area contributed by atoms with Crippen molar-refractivity contribution in [2.45, 2.75) is 32.1 Å². The molecule has 20 heavy (non-hydrogen) atoms. The van der Waals surface area contributed by atoms with Crippen LogP contribution in [0.15, 0.2) is 24.3 Å². The molecule has 2 heterocycles. The maximum absolute atomic E-state index is 2.70. The van der Waals surface area contributed by atoms with Gasteiger partial charge in [-0.25, -0.2) is 0 Å². The molecule has 0 bridgehead atoms. The molecule has 3 rings (SSSR count). The predicted octanol–water partition coefficient (Wildman–Crippen LogP) is 3.13. The lowest BCUT2D eigenvalue weighted by Gasteiger charge is -2.33. The molecule has 2 aliphatic heterocycles. The van der Waals surface area contributed by atoms with Gasteiger partial charge in [-0.1, -0.05) is 29.8 Å². The Kier molecular flexibility index (Phi) is 4.42. The Bertz CT molecular complexity index is 418. The van der Waals surface area contributed by atoms with Crippen molar-refractivity contribution >= 4 is 0 Å². The van der Waals surface area contributed by atoms with Gasteiger partial charge in [-0.2, -0.15) is 0 Å². The fraction of sp³-hybridized carbons (Fsp3) is 0.667. The van der Waals surface area contributed by atoms with Crippen molar-refractivity contribution in [3.63, 3.8) is 0 Å². The number of rotatable bonds is 3. The van der Waals surface area contributed by atoms with Crippen LogP contribution in [0, 0.1) is 12.8 Å². The lowest BCUT2D eigenvalue weighted by molar-refractivity contribution is 0.183. The standard InChI is InChI=1S/C18H28N2/c1-15-3-5-17(6-4-15)18-8-11-20(12-9-18)14-16-7-10-19(2)13-16/h3-6,16,18H,7-14H2,1-2H3. The van der Waals surface area contributed by atoms with Crippen LogP contribution in [0.1, 0.15) is 36.3 Å². The van der Waals surface area contributed by atoms with Gasteiger partial charge in [0.2, 0.25) is 0 Å². The summed E-state index contributed by atoms with van der Waals surface area (Å²) in [5.41, 5.74) is 2.92. The van der Waals surface area contributed by atoms with Crippen LogP contribution in [0.2, 0.25) is 0 Å². The Balaban J connectivity index is 1.48. The fourth-order valence-corrected chi connectivity index (χ4v) is 3.83. The molecule has 1 aromatic carbocycles. The molecule has 2 heteroatoms. The van der Waals surface area contributed by atoms with Crippen LogP contribution in [0.3, 0.4) is 0 Å². The van der Waals surface area contributed by atoms with Crippen LogP contribution >= 0.6 is 0 Å². The first-order valence-electron chi connectivity index (χ1n) is 8.18. The number of piperidine rings is 1. The van der Waals surface area contributed by atoms with Gasteiger partial charge in [0.15, 0.2) is 0 Å². The van der Waals surface area contributed by atoms with Crippen molar-refractivity contribution in [1.82, 2.24) is 9.80 Å². The van der Waals surface area contributed by atoms with E-state index in [1.165, 1.54) is 57.5 Å². The molecular weight excluding hydrogens is 244 g/mol. The minimum Gasteiger partial charge on any atom is -0.306 e. The number of likely N-dealkylation sites (tertiary alicyclic amines) is 2. The van der Waals surface area contributed by atoms with Crippen LogP contribution in [-0.4, -0.2) is 49.6 Å². The second kappa shape index (κ2) is 6.28. The second-order valence-corrected chi connectivity index (χ2v) is 6.90. The van der Waals surface area contributed by atoms with Gasteiger partial charge in [-0.15, -0.1) is 0 Å². The van der Waals surface area contributed by atoms with Gasteiger partial charge in [-0.3, -0.25) is 0 Å². The molecule has 0 saturated carbocycles. The van der Waals surface area contributed by atoms with Gasteiger partial charge in [0.1, 0.15) is 0 Å². The maximum atomic E-state index is 2.70. The second-order valence-electron chi connectivity index (χ2n) is 6.90. The molecule has 0 N–H and O–H groups in total. The summed E-state index contributed by atoms with van der Waals surface area (Å²) in [5, 5.41) is 0. The minimum atomic E-state index is 0.790. The molecule has 1 unspecified atom stereocenters. The zero-order valence-electron chi connectivity index (χ0n) is 13.0. The first-order chi connectivity index (χ1) is 9.70. The van der Waals surface area contributed by atoms with Crippen LogP contribution in [-0.2, 0) is 0 Å². The average molecular weight is 272 g/mol. The average Bonchev–Trinajstić information content (AvgIpc) is 2.86. The van der Waals surface area contributed by atoms with Crippen molar-refractivity contribution in [3.8, 4) is 0 Å². The van der Waals surface area contributed by atoms with Gasteiger partial charge in [0, 0.05) is 13.1 Å². The van der Waals surface area contributed by atoms with E-state index < -0.39 is 0 Å². The fourth-order valence-electron chi connectivity index (χ4n) is 3.83. The molecule has 1 aromatic rings. The van der Waals surface area contributed by atoms with E-state index in [2.05, 4.69) is 48.0 Å². The van der Waals surface area contributed by atoms with E-state index in [1.807, 2.05) is 0 Å². The highest BCUT2D eigenvalue weighted by molar-refractivity contribution is 5.24. The number of hydrogen-bond acceptors (Lipinski definition) is 2. The Hall–Kier alpha value is -0.860. The number of benzene rings is 1. The molecule has 0 spiro atoms. The third-order valence-corrected chi connectivity index (χ3v) is 5.14. The summed E-state index contributed by atoms with van der Waals surface area (Å²) in [6.07, 6.45) is 4.08. The summed E-state index contributed by atoms with van der Waals surface area (Å²) < 4.78 is 0. The molecule has 1 atom stereocenters. The third kappa shape index (κ3) is 3.42. The summed E-state index contributed by atoms with van der Waals surface area (Å²) in [5.74, 6) is 1.70. The van der Waals surface area contributed by atoms with Crippen LogP contribution < -0.4 is 0 Å². The molecule has 2 fully saturated rings. The van der Waals surface area contributed by atoms with Crippen LogP contribution in [0.4, 0.5) is 0 Å². The zero-order valence-corrected chi connectivity index (χ0v) is 13.0. The highest BCUT2D eigenvalue weighted by Crippen LogP contribution is 2.29. The Morgan fingerprint density at radius 1 is 1.00 bits per heavy atom. The van der Waals surface area contributed by atoms with Crippen molar-refractivity contribution in [1.29, 1.82) is 0 Å². The molecule has 0 amide bonds. The summed E-state index contributed by atoms with van der Waals surface area (Å²) >= 11 is 0. The monoisotopic (exact) mass is 272 g/mol. The quantitative estimate of drug-likeness (QED) is 0.834. The summed E-state index contributed by atoms with van der Waals surface area (Å²) in [4.78, 5) is 5.18.